The van der Waals surface area contributed by atoms with Gasteiger partial charge < -0.3 is 20.7 Å². The quantitative estimate of drug-likeness (QED) is 0.788. The van der Waals surface area contributed by atoms with E-state index in [9.17, 15) is 4.79 Å². The lowest BCUT2D eigenvalue weighted by Crippen LogP contribution is -2.37. The number of hydrogen-bond acceptors (Lipinski definition) is 5. The molecule has 0 saturated carbocycles. The Bertz CT molecular complexity index is 533. The van der Waals surface area contributed by atoms with Gasteiger partial charge in [-0.3, -0.25) is 9.69 Å². The fraction of sp³-hybridized carbons (Fsp3) is 0.588. The molecule has 0 aromatic heterocycles. The fourth-order valence-corrected chi connectivity index (χ4v) is 2.72. The molecule has 0 aliphatic carbocycles. The van der Waals surface area contributed by atoms with Crippen molar-refractivity contribution in [3.8, 4) is 5.75 Å². The highest BCUT2D eigenvalue weighted by atomic mass is 16.5. The first-order valence-electron chi connectivity index (χ1n) is 8.19. The molecule has 1 aliphatic heterocycles. The van der Waals surface area contributed by atoms with Crippen LogP contribution in [-0.4, -0.2) is 62.1 Å². The fourth-order valence-electron chi connectivity index (χ4n) is 2.72. The number of anilines is 1. The van der Waals surface area contributed by atoms with Crippen LogP contribution in [0.3, 0.4) is 0 Å². The number of benzene rings is 1. The number of carbonyl (C=O) groups is 1. The van der Waals surface area contributed by atoms with Gasteiger partial charge in [0.15, 0.2) is 0 Å². The van der Waals surface area contributed by atoms with Gasteiger partial charge in [-0.25, -0.2) is 0 Å². The van der Waals surface area contributed by atoms with E-state index in [0.29, 0.717) is 13.0 Å². The SMILES string of the molecule is CCN1CCOc2c(cccc2NC(CCN(C)C)C(N)=O)C1. The van der Waals surface area contributed by atoms with Gasteiger partial charge in [-0.05, 0) is 39.7 Å². The maximum absolute atomic E-state index is 11.7. The molecular formula is C17H28N4O2. The average Bonchev–Trinajstić information content (AvgIpc) is 2.73. The maximum Gasteiger partial charge on any atom is 0.239 e. The zero-order valence-corrected chi connectivity index (χ0v) is 14.3. The lowest BCUT2D eigenvalue weighted by atomic mass is 10.1. The van der Waals surface area contributed by atoms with E-state index in [0.717, 1.165) is 43.2 Å². The van der Waals surface area contributed by atoms with Crippen LogP contribution in [0.4, 0.5) is 5.69 Å². The molecule has 1 aromatic carbocycles. The molecule has 0 radical (unpaired) electrons. The minimum Gasteiger partial charge on any atom is -0.490 e. The third-order valence-electron chi connectivity index (χ3n) is 4.13. The molecular weight excluding hydrogens is 292 g/mol. The zero-order chi connectivity index (χ0) is 16.8. The number of fused-ring (bicyclic) bond motifs is 1. The van der Waals surface area contributed by atoms with Crippen LogP contribution in [0.25, 0.3) is 0 Å². The summed E-state index contributed by atoms with van der Waals surface area (Å²) in [6.45, 7) is 6.36. The van der Waals surface area contributed by atoms with E-state index in [1.165, 1.54) is 0 Å². The molecule has 1 atom stereocenters. The number of nitrogens with zero attached hydrogens (tertiary/aromatic N) is 2. The normalized spacial score (nSPS) is 16.3. The van der Waals surface area contributed by atoms with Crippen molar-refractivity contribution >= 4 is 11.6 Å². The highest BCUT2D eigenvalue weighted by Gasteiger charge is 2.21. The predicted molar refractivity (Wildman–Crippen MR) is 92.7 cm³/mol. The first-order chi connectivity index (χ1) is 11.0. The number of amides is 1. The number of hydrogen-bond donors (Lipinski definition) is 2. The second-order valence-electron chi connectivity index (χ2n) is 6.20. The van der Waals surface area contributed by atoms with Crippen molar-refractivity contribution in [2.75, 3.05) is 45.7 Å². The Morgan fingerprint density at radius 2 is 2.26 bits per heavy atom. The molecule has 6 nitrogen and oxygen atoms in total. The number of nitrogens with one attached hydrogen (secondary N) is 1. The summed E-state index contributed by atoms with van der Waals surface area (Å²) in [5, 5.41) is 3.28. The van der Waals surface area contributed by atoms with Crippen molar-refractivity contribution in [2.45, 2.75) is 25.9 Å². The second-order valence-corrected chi connectivity index (χ2v) is 6.20. The standard InChI is InChI=1S/C17H28N4O2/c1-4-21-10-11-23-16-13(12-21)6-5-7-14(16)19-15(17(18)22)8-9-20(2)3/h5-7,15,19H,4,8-12H2,1-3H3,(H2,18,22). The van der Waals surface area contributed by atoms with Crippen molar-refractivity contribution in [2.24, 2.45) is 5.73 Å². The molecule has 6 heteroatoms. The van der Waals surface area contributed by atoms with Crippen molar-refractivity contribution in [3.05, 3.63) is 23.8 Å². The van der Waals surface area contributed by atoms with Crippen LogP contribution in [0.1, 0.15) is 18.9 Å². The second kappa shape index (κ2) is 8.17. The van der Waals surface area contributed by atoms with E-state index < -0.39 is 6.04 Å². The van der Waals surface area contributed by atoms with Crippen LogP contribution in [0, 0.1) is 0 Å². The molecule has 1 aromatic rings. The minimum atomic E-state index is -0.405. The van der Waals surface area contributed by atoms with Gasteiger partial charge in [-0.1, -0.05) is 19.1 Å². The van der Waals surface area contributed by atoms with E-state index in [1.807, 2.05) is 31.1 Å². The summed E-state index contributed by atoms with van der Waals surface area (Å²) >= 11 is 0. The Morgan fingerprint density at radius 3 is 2.91 bits per heavy atom. The summed E-state index contributed by atoms with van der Waals surface area (Å²) in [7, 11) is 3.96. The summed E-state index contributed by atoms with van der Waals surface area (Å²) in [5.41, 5.74) is 7.55. The summed E-state index contributed by atoms with van der Waals surface area (Å²) in [6.07, 6.45) is 0.660. The van der Waals surface area contributed by atoms with Crippen LogP contribution < -0.4 is 15.8 Å². The Balaban J connectivity index is 2.17. The van der Waals surface area contributed by atoms with Crippen molar-refractivity contribution < 1.29 is 9.53 Å². The van der Waals surface area contributed by atoms with Crippen LogP contribution in [0.5, 0.6) is 5.75 Å². The number of para-hydroxylation sites is 1. The van der Waals surface area contributed by atoms with Gasteiger partial charge in [-0.15, -0.1) is 0 Å². The third-order valence-corrected chi connectivity index (χ3v) is 4.13. The van der Waals surface area contributed by atoms with E-state index in [-0.39, 0.29) is 5.91 Å². The number of ether oxygens (including phenoxy) is 1. The Kier molecular flexibility index (Phi) is 6.24. The van der Waals surface area contributed by atoms with Gasteiger partial charge in [0, 0.05) is 18.7 Å². The Hall–Kier alpha value is -1.79. The molecule has 0 spiro atoms. The molecule has 128 valence electrons. The molecule has 0 fully saturated rings. The molecule has 0 saturated heterocycles. The Labute approximate surface area is 138 Å². The molecule has 1 heterocycles. The van der Waals surface area contributed by atoms with Crippen LogP contribution in [0.15, 0.2) is 18.2 Å². The topological polar surface area (TPSA) is 70.8 Å². The number of primary amides is 1. The molecule has 1 unspecified atom stereocenters. The van der Waals surface area contributed by atoms with Gasteiger partial charge >= 0.3 is 0 Å². The highest BCUT2D eigenvalue weighted by molar-refractivity contribution is 5.83. The van der Waals surface area contributed by atoms with Crippen LogP contribution >= 0.6 is 0 Å². The van der Waals surface area contributed by atoms with Gasteiger partial charge in [0.25, 0.3) is 0 Å². The first kappa shape index (κ1) is 17.6. The molecule has 2 rings (SSSR count). The number of rotatable bonds is 7. The summed E-state index contributed by atoms with van der Waals surface area (Å²) in [5.74, 6) is 0.507. The Morgan fingerprint density at radius 1 is 1.48 bits per heavy atom. The number of nitrogens with two attached hydrogens (primary N) is 1. The van der Waals surface area contributed by atoms with E-state index in [2.05, 4.69) is 23.2 Å². The van der Waals surface area contributed by atoms with Crippen molar-refractivity contribution in [1.82, 2.24) is 9.80 Å². The summed E-state index contributed by atoms with van der Waals surface area (Å²) in [6, 6.07) is 5.62. The van der Waals surface area contributed by atoms with Gasteiger partial charge in [0.1, 0.15) is 18.4 Å². The molecule has 3 N–H and O–H groups in total. The summed E-state index contributed by atoms with van der Waals surface area (Å²) in [4.78, 5) is 16.1. The van der Waals surface area contributed by atoms with Crippen molar-refractivity contribution in [1.29, 1.82) is 0 Å². The lowest BCUT2D eigenvalue weighted by Gasteiger charge is -2.21. The monoisotopic (exact) mass is 320 g/mol. The highest BCUT2D eigenvalue weighted by Crippen LogP contribution is 2.32. The van der Waals surface area contributed by atoms with E-state index in [4.69, 9.17) is 10.5 Å². The third kappa shape index (κ3) is 4.84. The lowest BCUT2D eigenvalue weighted by molar-refractivity contribution is -0.118. The van der Waals surface area contributed by atoms with Crippen molar-refractivity contribution in [3.63, 3.8) is 0 Å². The first-order valence-corrected chi connectivity index (χ1v) is 8.19. The molecule has 1 aliphatic rings. The van der Waals surface area contributed by atoms with Crippen LogP contribution in [-0.2, 0) is 11.3 Å². The number of likely N-dealkylation sites (N-methyl/N-ethyl adjacent to an activating group) is 1. The molecule has 23 heavy (non-hydrogen) atoms. The van der Waals surface area contributed by atoms with Crippen LogP contribution in [0.2, 0.25) is 0 Å². The smallest absolute Gasteiger partial charge is 0.239 e. The van der Waals surface area contributed by atoms with Gasteiger partial charge in [-0.2, -0.15) is 0 Å². The predicted octanol–water partition coefficient (Wildman–Crippen LogP) is 1.12. The summed E-state index contributed by atoms with van der Waals surface area (Å²) < 4.78 is 5.95. The van der Waals surface area contributed by atoms with E-state index in [1.54, 1.807) is 0 Å². The maximum atomic E-state index is 11.7. The largest absolute Gasteiger partial charge is 0.490 e. The average molecular weight is 320 g/mol. The molecule has 0 bridgehead atoms. The minimum absolute atomic E-state index is 0.340. The molecule has 1 amide bonds. The van der Waals surface area contributed by atoms with Gasteiger partial charge in [0.05, 0.1) is 5.69 Å². The number of carbonyl (C=O) groups excluding carboxylic acids is 1. The van der Waals surface area contributed by atoms with Gasteiger partial charge in [0.2, 0.25) is 5.91 Å². The zero-order valence-electron chi connectivity index (χ0n) is 14.3. The van der Waals surface area contributed by atoms with E-state index >= 15 is 0 Å².